The van der Waals surface area contributed by atoms with Crippen LogP contribution in [0.5, 0.6) is 6.01 Å². The summed E-state index contributed by atoms with van der Waals surface area (Å²) in [5, 5.41) is 4.51. The first kappa shape index (κ1) is 17.0. The predicted octanol–water partition coefficient (Wildman–Crippen LogP) is 1.63. The first-order valence-electron chi connectivity index (χ1n) is 7.32. The number of sulfonamides is 1. The van der Waals surface area contributed by atoms with E-state index < -0.39 is 10.0 Å². The van der Waals surface area contributed by atoms with Crippen molar-refractivity contribution in [3.05, 3.63) is 36.2 Å². The van der Waals surface area contributed by atoms with Gasteiger partial charge in [0.15, 0.2) is 11.4 Å². The lowest BCUT2D eigenvalue weighted by molar-refractivity contribution is 0.380. The van der Waals surface area contributed by atoms with Gasteiger partial charge in [-0.25, -0.2) is 13.4 Å². The first-order chi connectivity index (χ1) is 11.9. The Hall–Kier alpha value is -2.88. The highest BCUT2D eigenvalue weighted by atomic mass is 32.2. The van der Waals surface area contributed by atoms with Crippen molar-refractivity contribution in [1.29, 1.82) is 0 Å². The van der Waals surface area contributed by atoms with Crippen molar-refractivity contribution in [2.75, 3.05) is 30.8 Å². The monoisotopic (exact) mass is 363 g/mol. The summed E-state index contributed by atoms with van der Waals surface area (Å²) in [7, 11) is 1.18. The van der Waals surface area contributed by atoms with Gasteiger partial charge in [-0.15, -0.1) is 0 Å². The Morgan fingerprint density at radius 3 is 2.76 bits per heavy atom. The van der Waals surface area contributed by atoms with Gasteiger partial charge in [-0.1, -0.05) is 17.3 Å². The highest BCUT2D eigenvalue weighted by Gasteiger charge is 2.20. The predicted molar refractivity (Wildman–Crippen MR) is 93.2 cm³/mol. The fourth-order valence-electron chi connectivity index (χ4n) is 2.29. The standard InChI is InChI=1S/C15H17N5O4S/c1-20(2)14-11(8-16-15(17-14)23-3)19-25(21,22)9-12-10-6-4-5-7-13(10)24-18-12/h4-8,19H,9H2,1-3H3. The summed E-state index contributed by atoms with van der Waals surface area (Å²) in [5.74, 6) is 0.0588. The normalized spacial score (nSPS) is 11.5. The van der Waals surface area contributed by atoms with Crippen molar-refractivity contribution in [3.8, 4) is 6.01 Å². The molecular formula is C15H17N5O4S. The van der Waals surface area contributed by atoms with E-state index in [1.165, 1.54) is 13.3 Å². The molecule has 2 aromatic heterocycles. The van der Waals surface area contributed by atoms with Crippen molar-refractivity contribution in [2.24, 2.45) is 0 Å². The van der Waals surface area contributed by atoms with Crippen LogP contribution < -0.4 is 14.4 Å². The van der Waals surface area contributed by atoms with Crippen LogP contribution in [0.3, 0.4) is 0 Å². The Morgan fingerprint density at radius 2 is 2.04 bits per heavy atom. The van der Waals surface area contributed by atoms with Crippen LogP contribution in [0.25, 0.3) is 11.0 Å². The minimum absolute atomic E-state index is 0.147. The summed E-state index contributed by atoms with van der Waals surface area (Å²) >= 11 is 0. The Morgan fingerprint density at radius 1 is 1.28 bits per heavy atom. The molecule has 0 unspecified atom stereocenters. The first-order valence-corrected chi connectivity index (χ1v) is 8.97. The number of ether oxygens (including phenoxy) is 1. The van der Waals surface area contributed by atoms with Gasteiger partial charge in [-0.05, 0) is 12.1 Å². The molecule has 1 aromatic carbocycles. The molecule has 0 saturated heterocycles. The molecule has 0 aliphatic carbocycles. The number of hydrogen-bond acceptors (Lipinski definition) is 8. The number of nitrogens with zero attached hydrogens (tertiary/aromatic N) is 4. The van der Waals surface area contributed by atoms with Crippen molar-refractivity contribution in [3.63, 3.8) is 0 Å². The lowest BCUT2D eigenvalue weighted by atomic mass is 10.2. The number of para-hydroxylation sites is 1. The Labute approximate surface area is 144 Å². The van der Waals surface area contributed by atoms with Gasteiger partial charge in [0, 0.05) is 19.5 Å². The van der Waals surface area contributed by atoms with Crippen molar-refractivity contribution < 1.29 is 17.7 Å². The molecule has 0 aliphatic heterocycles. The summed E-state index contributed by atoms with van der Waals surface area (Å²) in [5.41, 5.74) is 1.12. The third kappa shape index (κ3) is 3.63. The number of fused-ring (bicyclic) bond motifs is 1. The van der Waals surface area contributed by atoms with Gasteiger partial charge in [-0.2, -0.15) is 4.98 Å². The fourth-order valence-corrected chi connectivity index (χ4v) is 3.41. The topological polar surface area (TPSA) is 110 Å². The third-order valence-corrected chi connectivity index (χ3v) is 4.58. The van der Waals surface area contributed by atoms with E-state index in [4.69, 9.17) is 9.26 Å². The second-order valence-corrected chi connectivity index (χ2v) is 7.20. The zero-order valence-corrected chi connectivity index (χ0v) is 14.7. The molecule has 0 spiro atoms. The van der Waals surface area contributed by atoms with Crippen molar-refractivity contribution in [2.45, 2.75) is 5.75 Å². The van der Waals surface area contributed by atoms with Crippen LogP contribution >= 0.6 is 0 Å². The zero-order valence-electron chi connectivity index (χ0n) is 13.9. The van der Waals surface area contributed by atoms with Crippen LogP contribution in [-0.2, 0) is 15.8 Å². The molecule has 0 atom stereocenters. The molecule has 2 heterocycles. The number of nitrogens with one attached hydrogen (secondary N) is 1. The number of aromatic nitrogens is 3. The molecule has 0 amide bonds. The van der Waals surface area contributed by atoms with Crippen LogP contribution in [0, 0.1) is 0 Å². The maximum Gasteiger partial charge on any atom is 0.318 e. The molecule has 0 aliphatic rings. The van der Waals surface area contributed by atoms with E-state index in [2.05, 4.69) is 19.8 Å². The van der Waals surface area contributed by atoms with Crippen LogP contribution in [0.4, 0.5) is 11.5 Å². The van der Waals surface area contributed by atoms with Crippen molar-refractivity contribution in [1.82, 2.24) is 15.1 Å². The zero-order chi connectivity index (χ0) is 18.0. The molecule has 3 aromatic rings. The summed E-state index contributed by atoms with van der Waals surface area (Å²) in [6, 6.07) is 7.23. The maximum atomic E-state index is 12.5. The van der Waals surface area contributed by atoms with E-state index in [9.17, 15) is 8.42 Å². The summed E-state index contributed by atoms with van der Waals surface area (Å²) in [4.78, 5) is 9.76. The van der Waals surface area contributed by atoms with Crippen LogP contribution in [0.15, 0.2) is 35.0 Å². The third-order valence-electron chi connectivity index (χ3n) is 3.40. The average molecular weight is 363 g/mol. The van der Waals surface area contributed by atoms with Gasteiger partial charge < -0.3 is 14.2 Å². The molecule has 3 rings (SSSR count). The molecule has 0 bridgehead atoms. The van der Waals surface area contributed by atoms with E-state index in [-0.39, 0.29) is 17.5 Å². The number of methoxy groups -OCH3 is 1. The van der Waals surface area contributed by atoms with Crippen LogP contribution in [0.1, 0.15) is 5.69 Å². The Kier molecular flexibility index (Phi) is 4.45. The van der Waals surface area contributed by atoms with Gasteiger partial charge in [0.2, 0.25) is 10.0 Å². The highest BCUT2D eigenvalue weighted by Crippen LogP contribution is 2.26. The molecule has 25 heavy (non-hydrogen) atoms. The molecule has 9 nitrogen and oxygen atoms in total. The van der Waals surface area contributed by atoms with Gasteiger partial charge in [-0.3, -0.25) is 4.72 Å². The fraction of sp³-hybridized carbons (Fsp3) is 0.267. The molecule has 10 heteroatoms. The lowest BCUT2D eigenvalue weighted by Crippen LogP contribution is -2.20. The smallest absolute Gasteiger partial charge is 0.318 e. The molecule has 0 fully saturated rings. The molecule has 1 N–H and O–H groups in total. The van der Waals surface area contributed by atoms with E-state index in [1.807, 2.05) is 0 Å². The van der Waals surface area contributed by atoms with Crippen LogP contribution in [0.2, 0.25) is 0 Å². The van der Waals surface area contributed by atoms with Gasteiger partial charge >= 0.3 is 6.01 Å². The minimum Gasteiger partial charge on any atom is -0.467 e. The summed E-state index contributed by atoms with van der Waals surface area (Å²) < 4.78 is 37.7. The molecule has 0 radical (unpaired) electrons. The van der Waals surface area contributed by atoms with Gasteiger partial charge in [0.25, 0.3) is 0 Å². The Balaban J connectivity index is 1.89. The van der Waals surface area contributed by atoms with Crippen LogP contribution in [-0.4, -0.2) is 44.7 Å². The average Bonchev–Trinajstić information content (AvgIpc) is 2.97. The SMILES string of the molecule is COc1ncc(NS(=O)(=O)Cc2noc3ccccc23)c(N(C)C)n1. The lowest BCUT2D eigenvalue weighted by Gasteiger charge is -2.17. The quantitative estimate of drug-likeness (QED) is 0.703. The van der Waals surface area contributed by atoms with Gasteiger partial charge in [0.05, 0.1) is 13.3 Å². The molecule has 132 valence electrons. The van der Waals surface area contributed by atoms with E-state index in [0.717, 1.165) is 0 Å². The number of hydrogen-bond donors (Lipinski definition) is 1. The number of rotatable bonds is 6. The van der Waals surface area contributed by atoms with Gasteiger partial charge in [0.1, 0.15) is 17.1 Å². The maximum absolute atomic E-state index is 12.5. The van der Waals surface area contributed by atoms with E-state index >= 15 is 0 Å². The largest absolute Gasteiger partial charge is 0.467 e. The Bertz CT molecular complexity index is 1000. The summed E-state index contributed by atoms with van der Waals surface area (Å²) in [6.07, 6.45) is 1.36. The molecular weight excluding hydrogens is 346 g/mol. The number of anilines is 2. The second-order valence-electron chi connectivity index (χ2n) is 5.47. The highest BCUT2D eigenvalue weighted by molar-refractivity contribution is 7.91. The van der Waals surface area contributed by atoms with Crippen molar-refractivity contribution >= 4 is 32.5 Å². The van der Waals surface area contributed by atoms with E-state index in [1.54, 1.807) is 43.3 Å². The second kappa shape index (κ2) is 6.55. The number of benzene rings is 1. The van der Waals surface area contributed by atoms with E-state index in [0.29, 0.717) is 22.5 Å². The molecule has 0 saturated carbocycles. The summed E-state index contributed by atoms with van der Waals surface area (Å²) in [6.45, 7) is 0. The minimum atomic E-state index is -3.74.